The van der Waals surface area contributed by atoms with E-state index in [0.29, 0.717) is 0 Å². The van der Waals surface area contributed by atoms with Crippen LogP contribution < -0.4 is 28.7 Å². The van der Waals surface area contributed by atoms with E-state index in [2.05, 4.69) is 86.6 Å². The molecule has 0 aromatic carbocycles. The van der Waals surface area contributed by atoms with Crippen molar-refractivity contribution in [2.45, 2.75) is 123 Å². The van der Waals surface area contributed by atoms with Crippen LogP contribution in [-0.2, 0) is 123 Å². The SMILES string of the molecule is Nc1ncnc2c1ncn2[C@@H]1O[C@H](COP(O)(=S)O[C@@H]2[C@H](O)[C@@H](COP(O)(=S)O[C@@H]3[C@H](O)[C@@H](COP(O)(=S)O[C@@H]4[C@H](O)[C@@H](COP(O)(=S)O[C@@H]5[C@H](O)[C@@H](COP(O)(O)=S)O[C@H]5n5cnc6c(N)ncnc65)O[C@H]4n4cnc5c(N)ncnc54)O[C@H]3n3cnc4c(N)ncnc43)O[C@H]2n2cnc3c(N)ncnc32)[C@@H](O)[C@H]1O. The van der Waals surface area contributed by atoms with Crippen molar-refractivity contribution in [3.63, 3.8) is 0 Å². The maximum Gasteiger partial charge on any atom is 0.325 e. The number of nitrogen functional groups attached to an aromatic ring is 5. The number of hydrogen-bond donors (Lipinski definition) is 17. The van der Waals surface area contributed by atoms with E-state index < -0.39 is 189 Å². The number of fused-ring (bicyclic) bond motifs is 5. The maximum atomic E-state index is 12.3. The van der Waals surface area contributed by atoms with Crippen molar-refractivity contribution in [1.29, 1.82) is 0 Å². The van der Waals surface area contributed by atoms with Gasteiger partial charge in [0.25, 0.3) is 0 Å². The third-order valence-electron chi connectivity index (χ3n) is 17.9. The van der Waals surface area contributed by atoms with Gasteiger partial charge in [-0.2, -0.15) is 0 Å². The summed E-state index contributed by atoms with van der Waals surface area (Å²) in [7, 11) is 0. The molecule has 5 aliphatic rings. The Hall–Kier alpha value is -6.04. The Morgan fingerprint density at radius 3 is 0.739 bits per heavy atom. The first-order valence-electron chi connectivity index (χ1n) is 32.0. The molecule has 4 unspecified atom stereocenters. The third-order valence-corrected chi connectivity index (χ3v) is 25.0. The molecule has 0 spiro atoms. The Morgan fingerprint density at radius 2 is 0.505 bits per heavy atom. The van der Waals surface area contributed by atoms with E-state index >= 15 is 0 Å². The quantitative estimate of drug-likeness (QED) is 0.0205. The number of aliphatic hydroxyl groups is 6. The van der Waals surface area contributed by atoms with E-state index in [4.69, 9.17) is 140 Å². The first kappa shape index (κ1) is 80.2. The standard InChI is InChI=1S/C50H62N25O26P5S5/c51-36-21-41(61-6-56-36)71(11-66-21)46-31(81)26(76)16(93-46)2-89-103(84,108)99-33-28(78)18(95-48(33)73-13-68-23-38(53)58-8-63-43(23)73)4-91-105(86,110)101-35-30(80)20(97-50(35)75-15-70-25-40(55)60-10-65-45(25)75)5-92-106(87,111)100-34-29(79)19(96-49(34)74-14-69-24-39(54)59-9-64-44(24)74)3-90-104(85,109)98-32-27(77)17(1-88-102(82,83)107)94-47(32)72-12-67-22-37(52)57-7-62-42(22)72/h6-20,26-35,46-50,76-81H,1-5H2,(H,84,108)(H,85,109)(H,86,110)(H,87,111)(H2,51,56,61)(H2,52,57,62)(H2,53,58,63)(H2,54,59,64)(H2,55,60,65)(H2,82,83,107)/t16-,17-,18-,19-,20-,26-,27-,28-,29-,30-,31-,32-,33-,34-,35-,46-,47-,48-,49-,50-,103?,104?,105?,106?/m1/s1. The average molecular weight is 1740 g/mol. The van der Waals surface area contributed by atoms with Gasteiger partial charge >= 0.3 is 33.6 Å². The van der Waals surface area contributed by atoms with E-state index in [1.165, 1.54) is 54.5 Å². The molecule has 5 saturated heterocycles. The summed E-state index contributed by atoms with van der Waals surface area (Å²) < 4.78 is 89.2. The summed E-state index contributed by atoms with van der Waals surface area (Å²) in [5.74, 6) is -0.245. The van der Waals surface area contributed by atoms with Crippen LogP contribution in [0.3, 0.4) is 0 Å². The summed E-state index contributed by atoms with van der Waals surface area (Å²) in [6.45, 7) is -27.1. The van der Waals surface area contributed by atoms with Crippen LogP contribution in [0.2, 0.25) is 0 Å². The first-order chi connectivity index (χ1) is 52.6. The van der Waals surface area contributed by atoms with E-state index in [9.17, 15) is 60.0 Å². The fourth-order valence-corrected chi connectivity index (χ4v) is 18.9. The fraction of sp³-hybridized carbons (Fsp3) is 0.500. The van der Waals surface area contributed by atoms with E-state index in [0.717, 1.165) is 31.6 Å². The van der Waals surface area contributed by atoms with Gasteiger partial charge in [0, 0.05) is 0 Å². The zero-order chi connectivity index (χ0) is 78.7. The molecule has 0 saturated carbocycles. The molecule has 5 aliphatic heterocycles. The summed E-state index contributed by atoms with van der Waals surface area (Å²) in [5, 5.41) is 70.3. The number of hydrogen-bond acceptors (Lipinski definition) is 45. The molecule has 15 heterocycles. The van der Waals surface area contributed by atoms with Crippen molar-refractivity contribution in [2.24, 2.45) is 0 Å². The minimum absolute atomic E-state index is 0.00382. The average Bonchev–Trinajstić information content (AvgIpc) is 1.63. The highest BCUT2D eigenvalue weighted by molar-refractivity contribution is 8.08. The lowest BCUT2D eigenvalue weighted by Crippen LogP contribution is -2.37. The number of anilines is 5. The van der Waals surface area contributed by atoms with Crippen LogP contribution in [0.25, 0.3) is 55.8 Å². The Kier molecular flexibility index (Phi) is 22.5. The largest absolute Gasteiger partial charge is 0.387 e. The second kappa shape index (κ2) is 31.2. The van der Waals surface area contributed by atoms with Crippen molar-refractivity contribution in [2.75, 3.05) is 61.7 Å². The van der Waals surface area contributed by atoms with Crippen LogP contribution >= 0.6 is 33.6 Å². The number of nitrogens with two attached hydrogens (primary N) is 5. The topological polar surface area (TPSA) is 720 Å². The van der Waals surface area contributed by atoms with Crippen molar-refractivity contribution >= 4 is 178 Å². The molecule has 5 fully saturated rings. The van der Waals surface area contributed by atoms with Crippen LogP contribution in [0, 0.1) is 0 Å². The summed E-state index contributed by atoms with van der Waals surface area (Å²) in [5.41, 5.74) is 31.1. The van der Waals surface area contributed by atoms with E-state index in [1.807, 2.05) is 0 Å². The highest BCUT2D eigenvalue weighted by atomic mass is 32.5. The molecule has 10 aromatic heterocycles. The first-order valence-corrected chi connectivity index (χ1v) is 44.9. The Bertz CT molecular complexity index is 5420. The zero-order valence-electron chi connectivity index (χ0n) is 55.5. The summed E-state index contributed by atoms with van der Waals surface area (Å²) in [4.78, 5) is 129. The number of aliphatic hydroxyl groups excluding tert-OH is 6. The molecule has 0 aliphatic carbocycles. The van der Waals surface area contributed by atoms with Gasteiger partial charge in [0.05, 0.1) is 64.7 Å². The fourth-order valence-electron chi connectivity index (χ4n) is 12.7. The molecular weight excluding hydrogens is 1680 g/mol. The maximum absolute atomic E-state index is 12.3. The second-order valence-corrected chi connectivity index (χ2v) is 38.6. The van der Waals surface area contributed by atoms with Gasteiger partial charge in [-0.05, 0) is 59.0 Å². The molecule has 51 nitrogen and oxygen atoms in total. The third kappa shape index (κ3) is 16.1. The van der Waals surface area contributed by atoms with Crippen molar-refractivity contribution in [3.05, 3.63) is 63.3 Å². The molecule has 61 heteroatoms. The molecule has 0 radical (unpaired) electrons. The Balaban J connectivity index is 0.636. The van der Waals surface area contributed by atoms with Crippen LogP contribution in [0.4, 0.5) is 29.1 Å². The lowest BCUT2D eigenvalue weighted by molar-refractivity contribution is -0.0604. The second-order valence-electron chi connectivity index (χ2n) is 24.8. The number of aromatic nitrogens is 20. The van der Waals surface area contributed by atoms with Gasteiger partial charge in [0.15, 0.2) is 88.5 Å². The smallest absolute Gasteiger partial charge is 0.325 e. The van der Waals surface area contributed by atoms with Gasteiger partial charge in [-0.25, -0.2) is 74.8 Å². The van der Waals surface area contributed by atoms with E-state index in [-0.39, 0.29) is 84.9 Å². The molecule has 10 aromatic rings. The molecule has 0 bridgehead atoms. The minimum Gasteiger partial charge on any atom is -0.387 e. The van der Waals surface area contributed by atoms with Crippen molar-refractivity contribution < 1.29 is 124 Å². The van der Waals surface area contributed by atoms with Crippen LogP contribution in [0.15, 0.2) is 63.3 Å². The van der Waals surface area contributed by atoms with Gasteiger partial charge in [0.2, 0.25) is 0 Å². The van der Waals surface area contributed by atoms with Crippen molar-refractivity contribution in [3.8, 4) is 0 Å². The minimum atomic E-state index is -4.80. The summed E-state index contributed by atoms with van der Waals surface area (Å²) in [6, 6.07) is 0. The zero-order valence-corrected chi connectivity index (χ0v) is 64.1. The number of ether oxygens (including phenoxy) is 5. The highest BCUT2D eigenvalue weighted by Gasteiger charge is 2.56. The molecule has 22 N–H and O–H groups in total. The highest BCUT2D eigenvalue weighted by Crippen LogP contribution is 2.57. The Morgan fingerprint density at radius 1 is 0.297 bits per heavy atom. The van der Waals surface area contributed by atoms with Gasteiger partial charge in [-0.15, -0.1) is 0 Å². The van der Waals surface area contributed by atoms with Crippen LogP contribution in [0.5, 0.6) is 0 Å². The molecule has 0 amide bonds. The van der Waals surface area contributed by atoms with Crippen molar-refractivity contribution in [1.82, 2.24) is 97.6 Å². The molecule has 598 valence electrons. The normalized spacial score (nSPS) is 31.5. The number of rotatable bonds is 28. The van der Waals surface area contributed by atoms with Crippen LogP contribution in [0.1, 0.15) is 31.1 Å². The van der Waals surface area contributed by atoms with Gasteiger partial charge in [-0.1, -0.05) is 0 Å². The lowest BCUT2D eigenvalue weighted by Gasteiger charge is -2.28. The summed E-state index contributed by atoms with van der Waals surface area (Å²) >= 11 is 26.6. The van der Waals surface area contributed by atoms with Gasteiger partial charge < -0.3 is 135 Å². The van der Waals surface area contributed by atoms with Crippen LogP contribution in [-0.4, -0.2) is 282 Å². The predicted molar refractivity (Wildman–Crippen MR) is 388 cm³/mol. The number of nitrogens with zero attached hydrogens (tertiary/aromatic N) is 20. The summed E-state index contributed by atoms with van der Waals surface area (Å²) in [6.07, 6.45) is -21.4. The molecule has 24 atom stereocenters. The number of imidazole rings is 5. The molecule has 111 heavy (non-hydrogen) atoms. The monoisotopic (exact) mass is 1740 g/mol. The van der Waals surface area contributed by atoms with E-state index in [1.54, 1.807) is 0 Å². The lowest BCUT2D eigenvalue weighted by atomic mass is 10.1. The predicted octanol–water partition coefficient (Wildman–Crippen LogP) is -4.55. The Labute approximate surface area is 643 Å². The molecular formula is C50H62N25O26P5S5. The molecule has 15 rings (SSSR count). The van der Waals surface area contributed by atoms with Gasteiger partial charge in [-0.3, -0.25) is 40.9 Å². The van der Waals surface area contributed by atoms with Gasteiger partial charge in [0.1, 0.15) is 151 Å².